The van der Waals surface area contributed by atoms with Gasteiger partial charge in [-0.25, -0.2) is 4.79 Å². The van der Waals surface area contributed by atoms with Gasteiger partial charge in [-0.3, -0.25) is 0 Å². The molecule has 2 atom stereocenters. The Bertz CT molecular complexity index is 1000. The summed E-state index contributed by atoms with van der Waals surface area (Å²) in [4.78, 5) is 13.5. The number of nitriles is 1. The van der Waals surface area contributed by atoms with Gasteiger partial charge in [0, 0.05) is 17.4 Å². The van der Waals surface area contributed by atoms with E-state index in [4.69, 9.17) is 10.4 Å². The summed E-state index contributed by atoms with van der Waals surface area (Å²) in [6.45, 7) is 0. The lowest BCUT2D eigenvalue weighted by Gasteiger charge is -2.46. The molecule has 1 fully saturated rings. The molecule has 1 heterocycles. The minimum atomic E-state index is -1.20. The van der Waals surface area contributed by atoms with E-state index < -0.39 is 5.97 Å². The maximum atomic E-state index is 10.9. The van der Waals surface area contributed by atoms with Gasteiger partial charge < -0.3 is 10.0 Å². The fourth-order valence-corrected chi connectivity index (χ4v) is 4.67. The third-order valence-corrected chi connectivity index (χ3v) is 5.98. The lowest BCUT2D eigenvalue weighted by molar-refractivity contribution is -0.132. The largest absolute Gasteiger partial charge is 0.477 e. The van der Waals surface area contributed by atoms with Crippen LogP contribution in [0.4, 0.5) is 11.4 Å². The van der Waals surface area contributed by atoms with E-state index in [0.717, 1.165) is 12.0 Å². The van der Waals surface area contributed by atoms with Crippen LogP contribution in [0.2, 0.25) is 0 Å². The van der Waals surface area contributed by atoms with Crippen molar-refractivity contribution >= 4 is 23.4 Å². The summed E-state index contributed by atoms with van der Waals surface area (Å²) < 4.78 is 0. The Morgan fingerprint density at radius 2 is 1.93 bits per heavy atom. The summed E-state index contributed by atoms with van der Waals surface area (Å²) in [5, 5.41) is 17.8. The number of nitrogens with zero attached hydrogens (tertiary/aromatic N) is 2. The molecule has 2 aromatic carbocycles. The average molecular weight is 384 g/mol. The molecule has 146 valence electrons. The Kier molecular flexibility index (Phi) is 5.48. The Labute approximate surface area is 171 Å². The van der Waals surface area contributed by atoms with Gasteiger partial charge in [-0.15, -0.1) is 0 Å². The number of carboxylic acid groups (broad SMARTS) is 1. The lowest BCUT2D eigenvalue weighted by atomic mass is 9.76. The number of fused-ring (bicyclic) bond motifs is 2. The maximum Gasteiger partial charge on any atom is 0.346 e. The summed E-state index contributed by atoms with van der Waals surface area (Å²) in [6.07, 6.45) is 11.0. The second kappa shape index (κ2) is 8.36. The first kappa shape index (κ1) is 19.0. The van der Waals surface area contributed by atoms with Crippen molar-refractivity contribution in [1.82, 2.24) is 0 Å². The average Bonchev–Trinajstić information content (AvgIpc) is 2.75. The van der Waals surface area contributed by atoms with E-state index in [0.29, 0.717) is 12.0 Å². The van der Waals surface area contributed by atoms with Crippen LogP contribution >= 0.6 is 0 Å². The quantitative estimate of drug-likeness (QED) is 0.430. The third-order valence-electron chi connectivity index (χ3n) is 5.98. The molecule has 1 N–H and O–H groups in total. The van der Waals surface area contributed by atoms with E-state index in [1.165, 1.54) is 48.7 Å². The molecule has 2 unspecified atom stereocenters. The van der Waals surface area contributed by atoms with Crippen LogP contribution in [0.1, 0.15) is 36.8 Å². The minimum absolute atomic E-state index is 0.264. The SMILES string of the molecule is N#C/C(=C\C=C\c1ccc2c(c1)CC1CCCCC1N2c1ccccc1)C(=O)O. The zero-order chi connectivity index (χ0) is 20.2. The predicted molar refractivity (Wildman–Crippen MR) is 115 cm³/mol. The highest BCUT2D eigenvalue weighted by atomic mass is 16.4. The summed E-state index contributed by atoms with van der Waals surface area (Å²) in [7, 11) is 0. The van der Waals surface area contributed by atoms with Crippen LogP contribution in [0.5, 0.6) is 0 Å². The van der Waals surface area contributed by atoms with Gasteiger partial charge in [-0.1, -0.05) is 49.3 Å². The molecule has 0 bridgehead atoms. The normalized spacial score (nSPS) is 21.3. The smallest absolute Gasteiger partial charge is 0.346 e. The monoisotopic (exact) mass is 384 g/mol. The van der Waals surface area contributed by atoms with Crippen LogP contribution in [0.25, 0.3) is 6.08 Å². The number of rotatable bonds is 4. The van der Waals surface area contributed by atoms with Crippen LogP contribution in [0, 0.1) is 17.2 Å². The van der Waals surface area contributed by atoms with E-state index in [-0.39, 0.29) is 5.57 Å². The molecule has 2 aliphatic rings. The fourth-order valence-electron chi connectivity index (χ4n) is 4.67. The molecule has 29 heavy (non-hydrogen) atoms. The molecule has 2 aromatic rings. The summed E-state index contributed by atoms with van der Waals surface area (Å²) >= 11 is 0. The van der Waals surface area contributed by atoms with Crippen molar-refractivity contribution in [1.29, 1.82) is 5.26 Å². The van der Waals surface area contributed by atoms with Crippen LogP contribution < -0.4 is 4.90 Å². The van der Waals surface area contributed by atoms with Crippen LogP contribution in [-0.2, 0) is 11.2 Å². The molecule has 0 aromatic heterocycles. The summed E-state index contributed by atoms with van der Waals surface area (Å²) in [5.74, 6) is -0.544. The van der Waals surface area contributed by atoms with Crippen LogP contribution in [0.3, 0.4) is 0 Å². The van der Waals surface area contributed by atoms with Crippen molar-refractivity contribution in [3.63, 3.8) is 0 Å². The number of carbonyl (C=O) groups is 1. The number of para-hydroxylation sites is 1. The van der Waals surface area contributed by atoms with Crippen LogP contribution in [-0.4, -0.2) is 17.1 Å². The Hall–Kier alpha value is -3.32. The van der Waals surface area contributed by atoms with E-state index in [1.807, 2.05) is 6.08 Å². The second-order valence-corrected chi connectivity index (χ2v) is 7.77. The van der Waals surface area contributed by atoms with Gasteiger partial charge in [0.2, 0.25) is 0 Å². The molecule has 4 rings (SSSR count). The Morgan fingerprint density at radius 1 is 1.14 bits per heavy atom. The number of anilines is 2. The van der Waals surface area contributed by atoms with Crippen molar-refractivity contribution in [2.24, 2.45) is 5.92 Å². The first-order chi connectivity index (χ1) is 14.2. The molecule has 0 spiro atoms. The van der Waals surface area contributed by atoms with E-state index in [1.54, 1.807) is 12.1 Å². The van der Waals surface area contributed by atoms with Crippen molar-refractivity contribution < 1.29 is 9.90 Å². The number of hydrogen-bond donors (Lipinski definition) is 1. The van der Waals surface area contributed by atoms with Gasteiger partial charge in [0.25, 0.3) is 0 Å². The van der Waals surface area contributed by atoms with Gasteiger partial charge in [-0.2, -0.15) is 5.26 Å². The number of aliphatic carboxylic acids is 1. The highest BCUT2D eigenvalue weighted by molar-refractivity contribution is 5.91. The standard InChI is InChI=1S/C25H24N2O2/c26-17-20(25(28)29)9-6-7-18-13-14-24-21(15-18)16-19-8-4-5-12-23(19)27(24)22-10-2-1-3-11-22/h1-3,6-7,9-11,13-15,19,23H,4-5,8,12,16H2,(H,28,29)/b7-6+,20-9+. The van der Waals surface area contributed by atoms with E-state index in [9.17, 15) is 4.79 Å². The van der Waals surface area contributed by atoms with Crippen LogP contribution in [0.15, 0.2) is 66.3 Å². The topological polar surface area (TPSA) is 64.3 Å². The highest BCUT2D eigenvalue weighted by Gasteiger charge is 2.36. The highest BCUT2D eigenvalue weighted by Crippen LogP contribution is 2.44. The van der Waals surface area contributed by atoms with Gasteiger partial charge in [-0.05, 0) is 66.6 Å². The fraction of sp³-hybridized carbons (Fsp3) is 0.280. The lowest BCUT2D eigenvalue weighted by Crippen LogP contribution is -2.44. The predicted octanol–water partition coefficient (Wildman–Crippen LogP) is 5.49. The molecular formula is C25H24N2O2. The third kappa shape index (κ3) is 3.95. The zero-order valence-electron chi connectivity index (χ0n) is 16.3. The summed E-state index contributed by atoms with van der Waals surface area (Å²) in [5.41, 5.74) is 4.61. The first-order valence-corrected chi connectivity index (χ1v) is 10.2. The molecule has 1 aliphatic carbocycles. The van der Waals surface area contributed by atoms with Gasteiger partial charge in [0.15, 0.2) is 0 Å². The summed E-state index contributed by atoms with van der Waals surface area (Å²) in [6, 6.07) is 19.3. The van der Waals surface area contributed by atoms with Gasteiger partial charge >= 0.3 is 5.97 Å². The number of benzene rings is 2. The zero-order valence-corrected chi connectivity index (χ0v) is 16.3. The van der Waals surface area contributed by atoms with Gasteiger partial charge in [0.1, 0.15) is 11.6 Å². The number of carboxylic acids is 1. The molecule has 1 saturated carbocycles. The first-order valence-electron chi connectivity index (χ1n) is 10.2. The van der Waals surface area contributed by atoms with Crippen molar-refractivity contribution in [3.8, 4) is 6.07 Å². The van der Waals surface area contributed by atoms with E-state index >= 15 is 0 Å². The van der Waals surface area contributed by atoms with Crippen molar-refractivity contribution in [3.05, 3.63) is 77.4 Å². The Morgan fingerprint density at radius 3 is 2.69 bits per heavy atom. The van der Waals surface area contributed by atoms with Gasteiger partial charge in [0.05, 0.1) is 0 Å². The van der Waals surface area contributed by atoms with E-state index in [2.05, 4.69) is 53.4 Å². The molecule has 1 aliphatic heterocycles. The Balaban J connectivity index is 1.68. The van der Waals surface area contributed by atoms with Crippen molar-refractivity contribution in [2.45, 2.75) is 38.1 Å². The molecule has 0 saturated heterocycles. The molecule has 0 amide bonds. The molecular weight excluding hydrogens is 360 g/mol. The minimum Gasteiger partial charge on any atom is -0.477 e. The molecule has 0 radical (unpaired) electrons. The van der Waals surface area contributed by atoms with Crippen molar-refractivity contribution in [2.75, 3.05) is 4.90 Å². The number of hydrogen-bond acceptors (Lipinski definition) is 3. The second-order valence-electron chi connectivity index (χ2n) is 7.77. The molecule has 4 nitrogen and oxygen atoms in total. The maximum absolute atomic E-state index is 10.9. The number of allylic oxidation sites excluding steroid dienone is 2. The molecule has 4 heteroatoms.